The minimum Gasteiger partial charge on any atom is -0.350 e. The predicted molar refractivity (Wildman–Crippen MR) is 115 cm³/mol. The molecule has 0 saturated heterocycles. The molecule has 0 atom stereocenters. The maximum absolute atomic E-state index is 13.3. The van der Waals surface area contributed by atoms with E-state index < -0.39 is 10.0 Å². The lowest BCUT2D eigenvalue weighted by Gasteiger charge is -2.25. The Balaban J connectivity index is 1.85. The van der Waals surface area contributed by atoms with Gasteiger partial charge in [0.05, 0.1) is 10.6 Å². The van der Waals surface area contributed by atoms with Crippen molar-refractivity contribution in [2.45, 2.75) is 25.3 Å². The third-order valence-electron chi connectivity index (χ3n) is 4.61. The van der Waals surface area contributed by atoms with Gasteiger partial charge >= 0.3 is 0 Å². The second kappa shape index (κ2) is 8.92. The van der Waals surface area contributed by atoms with Crippen LogP contribution in [0.5, 0.6) is 0 Å². The molecule has 0 radical (unpaired) electrons. The topological polar surface area (TPSA) is 66.5 Å². The van der Waals surface area contributed by atoms with Gasteiger partial charge in [0, 0.05) is 6.54 Å². The molecule has 150 valence electrons. The zero-order chi connectivity index (χ0) is 20.9. The number of para-hydroxylation sites is 1. The van der Waals surface area contributed by atoms with Gasteiger partial charge in [-0.3, -0.25) is 9.10 Å². The largest absolute Gasteiger partial charge is 0.350 e. The molecule has 3 aromatic carbocycles. The number of nitrogens with one attached hydrogen (secondary N) is 1. The van der Waals surface area contributed by atoms with Gasteiger partial charge in [-0.05, 0) is 43.2 Å². The van der Waals surface area contributed by atoms with Crippen molar-refractivity contribution >= 4 is 21.6 Å². The molecule has 0 aliphatic heterocycles. The molecule has 1 N–H and O–H groups in total. The monoisotopic (exact) mass is 408 g/mol. The summed E-state index contributed by atoms with van der Waals surface area (Å²) >= 11 is 0. The van der Waals surface area contributed by atoms with E-state index in [9.17, 15) is 13.2 Å². The third-order valence-corrected chi connectivity index (χ3v) is 6.39. The fourth-order valence-corrected chi connectivity index (χ4v) is 4.46. The number of nitrogens with zero attached hydrogens (tertiary/aromatic N) is 1. The number of amides is 1. The molecular formula is C23H24N2O3S. The van der Waals surface area contributed by atoms with Crippen LogP contribution in [0.1, 0.15) is 16.7 Å². The number of rotatable bonds is 7. The van der Waals surface area contributed by atoms with Crippen LogP contribution >= 0.6 is 0 Å². The van der Waals surface area contributed by atoms with Gasteiger partial charge < -0.3 is 5.32 Å². The van der Waals surface area contributed by atoms with E-state index in [-0.39, 0.29) is 17.3 Å². The van der Waals surface area contributed by atoms with E-state index in [1.165, 1.54) is 16.4 Å². The molecule has 0 aliphatic carbocycles. The van der Waals surface area contributed by atoms with Gasteiger partial charge in [0.2, 0.25) is 5.91 Å². The zero-order valence-corrected chi connectivity index (χ0v) is 17.3. The Labute approximate surface area is 172 Å². The predicted octanol–water partition coefficient (Wildman–Crippen LogP) is 3.82. The van der Waals surface area contributed by atoms with Crippen molar-refractivity contribution in [2.24, 2.45) is 0 Å². The molecule has 0 unspecified atom stereocenters. The van der Waals surface area contributed by atoms with Crippen LogP contribution in [0.25, 0.3) is 0 Å². The normalized spacial score (nSPS) is 11.1. The zero-order valence-electron chi connectivity index (χ0n) is 16.5. The molecule has 0 fully saturated rings. The molecule has 0 saturated carbocycles. The number of anilines is 1. The number of hydrogen-bond donors (Lipinski definition) is 1. The number of hydrogen-bond acceptors (Lipinski definition) is 3. The lowest BCUT2D eigenvalue weighted by atomic mass is 10.1. The molecule has 0 spiro atoms. The molecule has 0 aromatic heterocycles. The maximum Gasteiger partial charge on any atom is 0.264 e. The highest BCUT2D eigenvalue weighted by Crippen LogP contribution is 2.26. The van der Waals surface area contributed by atoms with Crippen molar-refractivity contribution in [3.63, 3.8) is 0 Å². The molecule has 1 amide bonds. The minimum atomic E-state index is -3.89. The molecule has 0 bridgehead atoms. The van der Waals surface area contributed by atoms with Crippen molar-refractivity contribution in [1.29, 1.82) is 0 Å². The van der Waals surface area contributed by atoms with E-state index in [4.69, 9.17) is 0 Å². The number of carbonyl (C=O) groups is 1. The molecule has 5 nitrogen and oxygen atoms in total. The number of carbonyl (C=O) groups excluding carboxylic acids is 1. The van der Waals surface area contributed by atoms with Gasteiger partial charge in [0.1, 0.15) is 6.54 Å². The van der Waals surface area contributed by atoms with Gasteiger partial charge in [-0.15, -0.1) is 0 Å². The van der Waals surface area contributed by atoms with E-state index in [2.05, 4.69) is 5.32 Å². The fourth-order valence-electron chi connectivity index (χ4n) is 2.96. The van der Waals surface area contributed by atoms with Crippen LogP contribution in [0.15, 0.2) is 83.8 Å². The first-order chi connectivity index (χ1) is 13.9. The van der Waals surface area contributed by atoms with Crippen molar-refractivity contribution < 1.29 is 13.2 Å². The Kier molecular flexibility index (Phi) is 6.34. The van der Waals surface area contributed by atoms with Crippen LogP contribution in [0, 0.1) is 13.8 Å². The smallest absolute Gasteiger partial charge is 0.264 e. The Hall–Kier alpha value is -3.12. The minimum absolute atomic E-state index is 0.148. The van der Waals surface area contributed by atoms with Crippen LogP contribution in [0.3, 0.4) is 0 Å². The second-order valence-corrected chi connectivity index (χ2v) is 8.74. The van der Waals surface area contributed by atoms with Gasteiger partial charge in [-0.25, -0.2) is 8.42 Å². The van der Waals surface area contributed by atoms with Crippen LogP contribution in [0.2, 0.25) is 0 Å². The van der Waals surface area contributed by atoms with Gasteiger partial charge in [-0.1, -0.05) is 66.2 Å². The molecule has 3 rings (SSSR count). The standard InChI is InChI=1S/C23H24N2O3S/c1-18-12-14-20(15-13-18)16-24-23(26)17-25(22-11-7-6-8-19(22)2)29(27,28)21-9-4-3-5-10-21/h3-15H,16-17H2,1-2H3,(H,24,26). The van der Waals surface area contributed by atoms with E-state index in [1.807, 2.05) is 50.2 Å². The average Bonchev–Trinajstić information content (AvgIpc) is 2.73. The van der Waals surface area contributed by atoms with E-state index in [1.54, 1.807) is 30.3 Å². The molecule has 6 heteroatoms. The highest BCUT2D eigenvalue weighted by Gasteiger charge is 2.27. The SMILES string of the molecule is Cc1ccc(CNC(=O)CN(c2ccccc2C)S(=O)(=O)c2ccccc2)cc1. The van der Waals surface area contributed by atoms with Crippen LogP contribution in [-0.4, -0.2) is 20.9 Å². The maximum atomic E-state index is 13.3. The number of aryl methyl sites for hydroxylation is 2. The Bertz CT molecular complexity index is 1080. The van der Waals surface area contributed by atoms with Gasteiger partial charge in [0.15, 0.2) is 0 Å². The Morgan fingerprint density at radius 2 is 1.48 bits per heavy atom. The van der Waals surface area contributed by atoms with Crippen LogP contribution < -0.4 is 9.62 Å². The van der Waals surface area contributed by atoms with E-state index in [0.717, 1.165) is 16.7 Å². The Morgan fingerprint density at radius 1 is 0.862 bits per heavy atom. The van der Waals surface area contributed by atoms with E-state index >= 15 is 0 Å². The van der Waals surface area contributed by atoms with Crippen molar-refractivity contribution in [3.05, 3.63) is 95.6 Å². The first kappa shape index (κ1) is 20.6. The molecule has 29 heavy (non-hydrogen) atoms. The Morgan fingerprint density at radius 3 is 2.14 bits per heavy atom. The lowest BCUT2D eigenvalue weighted by molar-refractivity contribution is -0.119. The number of benzene rings is 3. The highest BCUT2D eigenvalue weighted by molar-refractivity contribution is 7.92. The van der Waals surface area contributed by atoms with Crippen LogP contribution in [0.4, 0.5) is 5.69 Å². The van der Waals surface area contributed by atoms with Crippen molar-refractivity contribution in [1.82, 2.24) is 5.32 Å². The molecule has 3 aromatic rings. The summed E-state index contributed by atoms with van der Waals surface area (Å²) in [5, 5.41) is 2.82. The summed E-state index contributed by atoms with van der Waals surface area (Å²) in [4.78, 5) is 12.8. The van der Waals surface area contributed by atoms with Crippen molar-refractivity contribution in [2.75, 3.05) is 10.8 Å². The van der Waals surface area contributed by atoms with Gasteiger partial charge in [0.25, 0.3) is 10.0 Å². The van der Waals surface area contributed by atoms with Gasteiger partial charge in [-0.2, -0.15) is 0 Å². The van der Waals surface area contributed by atoms with E-state index in [0.29, 0.717) is 12.2 Å². The summed E-state index contributed by atoms with van der Waals surface area (Å²) in [5.41, 5.74) is 3.36. The third kappa shape index (κ3) is 5.03. The quantitative estimate of drug-likeness (QED) is 0.646. The molecule has 0 aliphatic rings. The second-order valence-electron chi connectivity index (χ2n) is 6.87. The summed E-state index contributed by atoms with van der Waals surface area (Å²) < 4.78 is 27.7. The fraction of sp³-hybridized carbons (Fsp3) is 0.174. The number of sulfonamides is 1. The van der Waals surface area contributed by atoms with Crippen molar-refractivity contribution in [3.8, 4) is 0 Å². The summed E-state index contributed by atoms with van der Waals surface area (Å²) in [6.07, 6.45) is 0. The first-order valence-corrected chi connectivity index (χ1v) is 10.8. The first-order valence-electron chi connectivity index (χ1n) is 9.33. The summed E-state index contributed by atoms with van der Waals surface area (Å²) in [5.74, 6) is -0.367. The summed E-state index contributed by atoms with van der Waals surface area (Å²) in [6.45, 7) is 3.87. The summed E-state index contributed by atoms with van der Waals surface area (Å²) in [6, 6.07) is 23.1. The molecule has 0 heterocycles. The van der Waals surface area contributed by atoms with Crippen LogP contribution in [-0.2, 0) is 21.4 Å². The lowest BCUT2D eigenvalue weighted by Crippen LogP contribution is -2.41. The molecular weight excluding hydrogens is 384 g/mol. The summed E-state index contributed by atoms with van der Waals surface area (Å²) in [7, 11) is -3.89. The highest BCUT2D eigenvalue weighted by atomic mass is 32.2. The average molecular weight is 409 g/mol.